The molecule has 0 aliphatic rings. The first-order valence-electron chi connectivity index (χ1n) is 7.68. The number of anilines is 1. The molecule has 0 atom stereocenters. The largest absolute Gasteiger partial charge is 0.453 e. The SMILES string of the molecule is Cc1ccc(-c2c(C(=O)Nc3ccc(Cl)c(Cl)c3)c3oc2cc3F)cn1. The Kier molecular flexibility index (Phi) is 4.05. The van der Waals surface area contributed by atoms with Crippen LogP contribution < -0.4 is 5.32 Å². The number of aryl methyl sites for hydroxylation is 1. The molecule has 1 amide bonds. The average Bonchev–Trinajstić information content (AvgIpc) is 3.16. The number of nitrogens with zero attached hydrogens (tertiary/aromatic N) is 1. The Hall–Kier alpha value is -2.63. The van der Waals surface area contributed by atoms with Crippen LogP contribution in [0.3, 0.4) is 0 Å². The molecule has 0 aliphatic heterocycles. The highest BCUT2D eigenvalue weighted by atomic mass is 35.5. The monoisotopic (exact) mass is 388 g/mol. The smallest absolute Gasteiger partial charge is 0.260 e. The van der Waals surface area contributed by atoms with Gasteiger partial charge in [-0.3, -0.25) is 9.78 Å². The van der Waals surface area contributed by atoms with Gasteiger partial charge in [-0.15, -0.1) is 0 Å². The van der Waals surface area contributed by atoms with Crippen molar-refractivity contribution < 1.29 is 13.6 Å². The molecular weight excluding hydrogens is 378 g/mol. The van der Waals surface area contributed by atoms with Gasteiger partial charge in [0.25, 0.3) is 5.91 Å². The molecule has 0 saturated carbocycles. The number of carbonyl (C=O) groups is 1. The van der Waals surface area contributed by atoms with Gasteiger partial charge in [0.1, 0.15) is 5.58 Å². The molecule has 2 bridgehead atoms. The van der Waals surface area contributed by atoms with Crippen LogP contribution in [0.15, 0.2) is 47.0 Å². The molecule has 0 unspecified atom stereocenters. The summed E-state index contributed by atoms with van der Waals surface area (Å²) in [6, 6.07) is 9.59. The molecule has 1 N–H and O–H groups in total. The summed E-state index contributed by atoms with van der Waals surface area (Å²) in [7, 11) is 0. The minimum absolute atomic E-state index is 0.0897. The lowest BCUT2D eigenvalue weighted by Gasteiger charge is -2.09. The highest BCUT2D eigenvalue weighted by Crippen LogP contribution is 2.39. The van der Waals surface area contributed by atoms with Gasteiger partial charge in [0.05, 0.1) is 15.6 Å². The van der Waals surface area contributed by atoms with Crippen LogP contribution in [0.25, 0.3) is 22.3 Å². The first-order valence-corrected chi connectivity index (χ1v) is 8.43. The van der Waals surface area contributed by atoms with E-state index in [0.29, 0.717) is 32.4 Å². The van der Waals surface area contributed by atoms with E-state index in [1.54, 1.807) is 18.3 Å². The van der Waals surface area contributed by atoms with Crippen LogP contribution in [0.4, 0.5) is 10.1 Å². The van der Waals surface area contributed by atoms with Crippen LogP contribution in [-0.2, 0) is 0 Å². The fraction of sp³-hybridized carbons (Fsp3) is 0.0526. The Morgan fingerprint density at radius 1 is 1.15 bits per heavy atom. The lowest BCUT2D eigenvalue weighted by atomic mass is 10.00. The maximum atomic E-state index is 14.0. The summed E-state index contributed by atoms with van der Waals surface area (Å²) >= 11 is 11.9. The van der Waals surface area contributed by atoms with Crippen molar-refractivity contribution in [1.29, 1.82) is 0 Å². The molecule has 26 heavy (non-hydrogen) atoms. The molecule has 1 aromatic carbocycles. The summed E-state index contributed by atoms with van der Waals surface area (Å²) in [5, 5.41) is 3.38. The Morgan fingerprint density at radius 2 is 1.96 bits per heavy atom. The molecule has 130 valence electrons. The van der Waals surface area contributed by atoms with Crippen LogP contribution in [0, 0.1) is 12.7 Å². The molecule has 0 fully saturated rings. The van der Waals surface area contributed by atoms with Gasteiger partial charge in [-0.1, -0.05) is 29.3 Å². The molecular formula is C19H11Cl2FN2O2. The van der Waals surface area contributed by atoms with Crippen molar-refractivity contribution in [3.63, 3.8) is 0 Å². The number of carbonyl (C=O) groups excluding carboxylic acids is 1. The minimum Gasteiger partial charge on any atom is -0.453 e. The normalized spacial score (nSPS) is 11.2. The van der Waals surface area contributed by atoms with Crippen molar-refractivity contribution in [3.8, 4) is 11.1 Å². The number of benzene rings is 2. The van der Waals surface area contributed by atoms with E-state index in [-0.39, 0.29) is 11.1 Å². The third-order valence-electron chi connectivity index (χ3n) is 4.01. The maximum absolute atomic E-state index is 14.0. The van der Waals surface area contributed by atoms with E-state index in [1.807, 2.05) is 19.1 Å². The fourth-order valence-electron chi connectivity index (χ4n) is 2.79. The van der Waals surface area contributed by atoms with Gasteiger partial charge < -0.3 is 9.73 Å². The van der Waals surface area contributed by atoms with Gasteiger partial charge in [0, 0.05) is 34.8 Å². The van der Waals surface area contributed by atoms with E-state index >= 15 is 0 Å². The number of amides is 1. The zero-order chi connectivity index (χ0) is 18.4. The summed E-state index contributed by atoms with van der Waals surface area (Å²) in [5.41, 5.74) is 2.78. The van der Waals surface area contributed by atoms with E-state index in [1.165, 1.54) is 12.1 Å². The summed E-state index contributed by atoms with van der Waals surface area (Å²) in [6.07, 6.45) is 1.63. The molecule has 0 aliphatic carbocycles. The summed E-state index contributed by atoms with van der Waals surface area (Å²) in [4.78, 5) is 17.1. The number of hydrogen-bond acceptors (Lipinski definition) is 3. The summed E-state index contributed by atoms with van der Waals surface area (Å²) < 4.78 is 19.5. The lowest BCUT2D eigenvalue weighted by Crippen LogP contribution is -2.13. The third-order valence-corrected chi connectivity index (χ3v) is 4.75. The van der Waals surface area contributed by atoms with Gasteiger partial charge >= 0.3 is 0 Å². The molecule has 0 radical (unpaired) electrons. The average molecular weight is 389 g/mol. The van der Waals surface area contributed by atoms with Crippen LogP contribution in [0.2, 0.25) is 10.0 Å². The predicted octanol–water partition coefficient (Wildman–Crippen LogP) is 5.94. The van der Waals surface area contributed by atoms with Crippen LogP contribution in [0.5, 0.6) is 0 Å². The molecule has 0 spiro atoms. The number of furan rings is 2. The van der Waals surface area contributed by atoms with Crippen molar-refractivity contribution in [2.45, 2.75) is 6.92 Å². The molecule has 3 aromatic heterocycles. The third kappa shape index (κ3) is 2.79. The van der Waals surface area contributed by atoms with Gasteiger partial charge in [0.15, 0.2) is 11.4 Å². The molecule has 7 heteroatoms. The van der Waals surface area contributed by atoms with Crippen LogP contribution in [-0.4, -0.2) is 10.9 Å². The fourth-order valence-corrected chi connectivity index (χ4v) is 3.08. The Labute approximate surface area is 157 Å². The van der Waals surface area contributed by atoms with E-state index in [4.69, 9.17) is 27.6 Å². The van der Waals surface area contributed by atoms with Crippen molar-refractivity contribution in [2.24, 2.45) is 0 Å². The van der Waals surface area contributed by atoms with E-state index in [0.717, 1.165) is 5.69 Å². The topological polar surface area (TPSA) is 55.1 Å². The first kappa shape index (κ1) is 16.8. The highest BCUT2D eigenvalue weighted by Gasteiger charge is 2.28. The number of hydrogen-bond donors (Lipinski definition) is 1. The van der Waals surface area contributed by atoms with Crippen molar-refractivity contribution >= 4 is 46.0 Å². The Morgan fingerprint density at radius 3 is 2.65 bits per heavy atom. The second kappa shape index (κ2) is 6.27. The number of aromatic nitrogens is 1. The zero-order valence-electron chi connectivity index (χ0n) is 13.4. The zero-order valence-corrected chi connectivity index (χ0v) is 15.0. The second-order valence-corrected chi connectivity index (χ2v) is 6.62. The standard InChI is InChI=1S/C19H11Cl2FN2O2/c1-9-2-3-10(8-23-9)16-15-7-14(22)18(26-15)17(16)19(25)24-11-4-5-12(20)13(21)6-11/h2-8H,1H3,(H,24,25). The van der Waals surface area contributed by atoms with Gasteiger partial charge in [-0.25, -0.2) is 4.39 Å². The number of halogens is 3. The molecule has 4 rings (SSSR count). The Bertz CT molecular complexity index is 1120. The molecule has 4 aromatic rings. The number of rotatable bonds is 3. The predicted molar refractivity (Wildman–Crippen MR) is 99.7 cm³/mol. The van der Waals surface area contributed by atoms with Crippen LogP contribution >= 0.6 is 23.2 Å². The first-order chi connectivity index (χ1) is 12.4. The second-order valence-electron chi connectivity index (χ2n) is 5.81. The number of fused-ring (bicyclic) bond motifs is 2. The van der Waals surface area contributed by atoms with Gasteiger partial charge in [-0.2, -0.15) is 0 Å². The molecule has 3 heterocycles. The van der Waals surface area contributed by atoms with Crippen molar-refractivity contribution in [3.05, 3.63) is 69.7 Å². The molecule has 4 nitrogen and oxygen atoms in total. The Balaban J connectivity index is 1.78. The number of nitrogens with one attached hydrogen (secondary N) is 1. The minimum atomic E-state index is -0.580. The molecule has 0 saturated heterocycles. The quantitative estimate of drug-likeness (QED) is 0.472. The van der Waals surface area contributed by atoms with Crippen molar-refractivity contribution in [1.82, 2.24) is 4.98 Å². The summed E-state index contributed by atoms with van der Waals surface area (Å²) in [5.74, 6) is -1.09. The number of pyridine rings is 1. The highest BCUT2D eigenvalue weighted by molar-refractivity contribution is 6.42. The van der Waals surface area contributed by atoms with Gasteiger partial charge in [-0.05, 0) is 31.2 Å². The van der Waals surface area contributed by atoms with Gasteiger partial charge in [0.2, 0.25) is 0 Å². The van der Waals surface area contributed by atoms with E-state index in [9.17, 15) is 9.18 Å². The van der Waals surface area contributed by atoms with E-state index < -0.39 is 11.7 Å². The maximum Gasteiger partial charge on any atom is 0.260 e. The van der Waals surface area contributed by atoms with Crippen molar-refractivity contribution in [2.75, 3.05) is 5.32 Å². The summed E-state index contributed by atoms with van der Waals surface area (Å²) in [6.45, 7) is 1.86. The van der Waals surface area contributed by atoms with Crippen LogP contribution in [0.1, 0.15) is 16.1 Å². The lowest BCUT2D eigenvalue weighted by molar-refractivity contribution is 0.102. The van der Waals surface area contributed by atoms with E-state index in [2.05, 4.69) is 10.3 Å².